The lowest BCUT2D eigenvalue weighted by Gasteiger charge is -2.28. The van der Waals surface area contributed by atoms with E-state index in [2.05, 4.69) is 4.72 Å². The van der Waals surface area contributed by atoms with Crippen LogP contribution in [-0.4, -0.2) is 25.0 Å². The van der Waals surface area contributed by atoms with Crippen LogP contribution in [0.25, 0.3) is 0 Å². The van der Waals surface area contributed by atoms with Gasteiger partial charge in [-0.3, -0.25) is 0 Å². The Kier molecular flexibility index (Phi) is 4.94. The van der Waals surface area contributed by atoms with Crippen molar-refractivity contribution in [1.29, 1.82) is 0 Å². The monoisotopic (exact) mass is 299 g/mol. The average molecular weight is 299 g/mol. The van der Waals surface area contributed by atoms with Gasteiger partial charge in [0, 0.05) is 5.54 Å². The Hall–Kier alpha value is -1.40. The molecule has 0 aliphatic carbocycles. The van der Waals surface area contributed by atoms with E-state index in [9.17, 15) is 13.2 Å². The van der Waals surface area contributed by atoms with Crippen molar-refractivity contribution in [3.63, 3.8) is 0 Å². The number of carboxylic acid groups (broad SMARTS) is 1. The Morgan fingerprint density at radius 1 is 1.30 bits per heavy atom. The van der Waals surface area contributed by atoms with Crippen molar-refractivity contribution in [1.82, 2.24) is 4.72 Å². The van der Waals surface area contributed by atoms with Crippen LogP contribution in [0.4, 0.5) is 0 Å². The zero-order valence-corrected chi connectivity index (χ0v) is 13.0. The highest BCUT2D eigenvalue weighted by atomic mass is 32.2. The van der Waals surface area contributed by atoms with Crippen molar-refractivity contribution in [3.8, 4) is 0 Å². The minimum absolute atomic E-state index is 0.00238. The van der Waals surface area contributed by atoms with Crippen LogP contribution in [-0.2, 0) is 10.0 Å². The van der Waals surface area contributed by atoms with E-state index in [0.29, 0.717) is 12.8 Å². The third-order valence-electron chi connectivity index (χ3n) is 3.75. The largest absolute Gasteiger partial charge is 0.478 e. The van der Waals surface area contributed by atoms with Gasteiger partial charge in [0.05, 0.1) is 10.5 Å². The Bertz CT molecular complexity index is 604. The van der Waals surface area contributed by atoms with E-state index in [0.717, 1.165) is 0 Å². The molecule has 5 nitrogen and oxygen atoms in total. The first-order chi connectivity index (χ1) is 9.17. The molecule has 0 heterocycles. The van der Waals surface area contributed by atoms with Crippen molar-refractivity contribution >= 4 is 16.0 Å². The number of benzene rings is 1. The minimum Gasteiger partial charge on any atom is -0.478 e. The van der Waals surface area contributed by atoms with Crippen molar-refractivity contribution in [2.75, 3.05) is 0 Å². The summed E-state index contributed by atoms with van der Waals surface area (Å²) in [6, 6.07) is 4.27. The van der Waals surface area contributed by atoms with E-state index in [1.54, 1.807) is 0 Å². The van der Waals surface area contributed by atoms with Gasteiger partial charge in [-0.25, -0.2) is 17.9 Å². The molecule has 1 aromatic rings. The molecule has 0 atom stereocenters. The topological polar surface area (TPSA) is 83.5 Å². The van der Waals surface area contributed by atoms with Crippen LogP contribution in [0.1, 0.15) is 49.5 Å². The fourth-order valence-corrected chi connectivity index (χ4v) is 3.73. The summed E-state index contributed by atoms with van der Waals surface area (Å²) in [5.41, 5.74) is -0.283. The summed E-state index contributed by atoms with van der Waals surface area (Å²) in [5.74, 6) is -1.13. The number of sulfonamides is 1. The lowest BCUT2D eigenvalue weighted by Crippen LogP contribution is -2.45. The van der Waals surface area contributed by atoms with Crippen LogP contribution in [0.2, 0.25) is 0 Å². The van der Waals surface area contributed by atoms with Gasteiger partial charge in [0.2, 0.25) is 10.0 Å². The highest BCUT2D eigenvalue weighted by molar-refractivity contribution is 7.89. The van der Waals surface area contributed by atoms with Crippen molar-refractivity contribution < 1.29 is 18.3 Å². The SMILES string of the molecule is CCC(C)(CC)NS(=O)(=O)c1cccc(C(=O)O)c1C. The van der Waals surface area contributed by atoms with Crippen LogP contribution in [0, 0.1) is 6.92 Å². The molecular weight excluding hydrogens is 278 g/mol. The second kappa shape index (κ2) is 5.93. The van der Waals surface area contributed by atoms with E-state index < -0.39 is 21.5 Å². The van der Waals surface area contributed by atoms with Gasteiger partial charge in [-0.05, 0) is 44.4 Å². The Morgan fingerprint density at radius 2 is 1.85 bits per heavy atom. The molecule has 2 N–H and O–H groups in total. The van der Waals surface area contributed by atoms with E-state index in [-0.39, 0.29) is 16.0 Å². The van der Waals surface area contributed by atoms with Gasteiger partial charge < -0.3 is 5.11 Å². The summed E-state index contributed by atoms with van der Waals surface area (Å²) in [5, 5.41) is 9.07. The molecule has 0 amide bonds. The van der Waals surface area contributed by atoms with Gasteiger partial charge in [-0.1, -0.05) is 19.9 Å². The molecule has 0 bridgehead atoms. The quantitative estimate of drug-likeness (QED) is 0.845. The molecule has 0 spiro atoms. The molecule has 0 saturated heterocycles. The fourth-order valence-electron chi connectivity index (χ4n) is 1.91. The van der Waals surface area contributed by atoms with E-state index in [4.69, 9.17) is 5.11 Å². The lowest BCUT2D eigenvalue weighted by atomic mass is 9.98. The first-order valence-electron chi connectivity index (χ1n) is 6.53. The number of carbonyl (C=O) groups is 1. The number of nitrogens with one attached hydrogen (secondary N) is 1. The van der Waals surface area contributed by atoms with E-state index in [1.165, 1.54) is 25.1 Å². The normalized spacial score (nSPS) is 12.4. The molecule has 0 fully saturated rings. The van der Waals surface area contributed by atoms with E-state index >= 15 is 0 Å². The molecule has 0 aliphatic heterocycles. The average Bonchev–Trinajstić information content (AvgIpc) is 2.37. The Balaban J connectivity index is 3.30. The molecule has 0 saturated carbocycles. The summed E-state index contributed by atoms with van der Waals surface area (Å²) in [6.45, 7) is 7.16. The Labute approximate surface area is 120 Å². The zero-order valence-electron chi connectivity index (χ0n) is 12.2. The molecule has 0 aromatic heterocycles. The minimum atomic E-state index is -3.74. The molecule has 0 unspecified atom stereocenters. The van der Waals surface area contributed by atoms with Gasteiger partial charge in [-0.15, -0.1) is 0 Å². The predicted molar refractivity (Wildman–Crippen MR) is 77.4 cm³/mol. The highest BCUT2D eigenvalue weighted by Gasteiger charge is 2.29. The number of hydrogen-bond acceptors (Lipinski definition) is 3. The van der Waals surface area contributed by atoms with Crippen LogP contribution >= 0.6 is 0 Å². The van der Waals surface area contributed by atoms with Gasteiger partial charge >= 0.3 is 5.97 Å². The second-order valence-electron chi connectivity index (χ2n) is 5.11. The molecule has 20 heavy (non-hydrogen) atoms. The van der Waals surface area contributed by atoms with Crippen LogP contribution in [0.5, 0.6) is 0 Å². The first-order valence-corrected chi connectivity index (χ1v) is 8.02. The standard InChI is InChI=1S/C14H21NO4S/c1-5-14(4,6-2)15-20(18,19)12-9-7-8-11(10(12)3)13(16)17/h7-9,15H,5-6H2,1-4H3,(H,16,17). The molecule has 0 aliphatic rings. The van der Waals surface area contributed by atoms with Gasteiger partial charge in [-0.2, -0.15) is 0 Å². The van der Waals surface area contributed by atoms with Crippen LogP contribution in [0.3, 0.4) is 0 Å². The summed E-state index contributed by atoms with van der Waals surface area (Å²) >= 11 is 0. The fraction of sp³-hybridized carbons (Fsp3) is 0.500. The maximum absolute atomic E-state index is 12.5. The number of hydrogen-bond donors (Lipinski definition) is 2. The van der Waals surface area contributed by atoms with Crippen molar-refractivity contribution in [3.05, 3.63) is 29.3 Å². The van der Waals surface area contributed by atoms with Crippen LogP contribution < -0.4 is 4.72 Å². The lowest BCUT2D eigenvalue weighted by molar-refractivity contribution is 0.0696. The van der Waals surface area contributed by atoms with Crippen molar-refractivity contribution in [2.24, 2.45) is 0 Å². The molecule has 6 heteroatoms. The summed E-state index contributed by atoms with van der Waals surface area (Å²) in [7, 11) is -3.74. The maximum Gasteiger partial charge on any atom is 0.335 e. The summed E-state index contributed by atoms with van der Waals surface area (Å²) in [6.07, 6.45) is 1.31. The van der Waals surface area contributed by atoms with Gasteiger partial charge in [0.1, 0.15) is 0 Å². The smallest absolute Gasteiger partial charge is 0.335 e. The number of carboxylic acids is 1. The highest BCUT2D eigenvalue weighted by Crippen LogP contribution is 2.23. The number of aromatic carboxylic acids is 1. The second-order valence-corrected chi connectivity index (χ2v) is 6.76. The number of rotatable bonds is 6. The molecule has 112 valence electrons. The molecule has 0 radical (unpaired) electrons. The van der Waals surface area contributed by atoms with E-state index in [1.807, 2.05) is 20.8 Å². The first kappa shape index (κ1) is 16.7. The zero-order chi connectivity index (χ0) is 15.6. The summed E-state index contributed by atoms with van der Waals surface area (Å²) in [4.78, 5) is 11.1. The van der Waals surface area contributed by atoms with Crippen LogP contribution in [0.15, 0.2) is 23.1 Å². The molecule has 1 rings (SSSR count). The third kappa shape index (κ3) is 3.37. The third-order valence-corrected chi connectivity index (χ3v) is 5.53. The maximum atomic E-state index is 12.5. The Morgan fingerprint density at radius 3 is 2.30 bits per heavy atom. The molecule has 1 aromatic carbocycles. The van der Waals surface area contributed by atoms with Gasteiger partial charge in [0.15, 0.2) is 0 Å². The van der Waals surface area contributed by atoms with Crippen molar-refractivity contribution in [2.45, 2.75) is 51.0 Å². The molecular formula is C14H21NO4S. The summed E-state index contributed by atoms with van der Waals surface area (Å²) < 4.78 is 27.6. The van der Waals surface area contributed by atoms with Gasteiger partial charge in [0.25, 0.3) is 0 Å². The predicted octanol–water partition coefficient (Wildman–Crippen LogP) is 2.55.